The van der Waals surface area contributed by atoms with Gasteiger partial charge in [-0.15, -0.1) is 26.3 Å². The van der Waals surface area contributed by atoms with Crippen LogP contribution >= 0.6 is 0 Å². The van der Waals surface area contributed by atoms with Crippen LogP contribution < -0.4 is 5.38 Å². The molecule has 3 heteroatoms. The van der Waals surface area contributed by atoms with E-state index in [1.165, 1.54) is 6.08 Å². The molecule has 1 atom stereocenters. The average molecular weight is 274 g/mol. The van der Waals surface area contributed by atoms with E-state index in [9.17, 15) is 5.11 Å². The van der Waals surface area contributed by atoms with Gasteiger partial charge in [0.05, 0.1) is 17.8 Å². The Hall–Kier alpha value is -1.58. The first kappa shape index (κ1) is 15.5. The van der Waals surface area contributed by atoms with Crippen LogP contribution in [-0.4, -0.2) is 13.2 Å². The fourth-order valence-corrected chi connectivity index (χ4v) is 5.84. The van der Waals surface area contributed by atoms with E-state index < -0.39 is 14.2 Å². The van der Waals surface area contributed by atoms with Crippen molar-refractivity contribution in [1.29, 1.82) is 0 Å². The summed E-state index contributed by atoms with van der Waals surface area (Å²) in [6.07, 6.45) is 8.23. The molecule has 1 aromatic rings. The molecule has 0 aliphatic heterocycles. The van der Waals surface area contributed by atoms with Crippen molar-refractivity contribution in [2.75, 3.05) is 0 Å². The summed E-state index contributed by atoms with van der Waals surface area (Å²) in [7, 11) is -1.88. The van der Waals surface area contributed by atoms with E-state index in [4.69, 9.17) is 4.42 Å². The summed E-state index contributed by atoms with van der Waals surface area (Å²) in [5.74, 6) is 0. The molecule has 2 nitrogen and oxygen atoms in total. The number of aliphatic hydroxyl groups is 1. The van der Waals surface area contributed by atoms with Gasteiger partial charge in [0.15, 0.2) is 0 Å². The summed E-state index contributed by atoms with van der Waals surface area (Å²) in [6.45, 7) is 15.1. The summed E-state index contributed by atoms with van der Waals surface area (Å²) in [5.41, 5.74) is 0.749. The van der Waals surface area contributed by atoms with E-state index in [-0.39, 0.29) is 0 Å². The monoisotopic (exact) mass is 274 g/mol. The Kier molecular flexibility index (Phi) is 5.80. The van der Waals surface area contributed by atoms with Gasteiger partial charge < -0.3 is 9.52 Å². The number of hydrogen-bond acceptors (Lipinski definition) is 2. The standard InChI is InChI=1S/C16H22O2Si/c1-5-9-19(10-6-2,11-7-3)16-12-14(13-18-16)15(17)8-4/h5-8,12-13,15,17H,1-4,9-11H2. The molecule has 19 heavy (non-hydrogen) atoms. The highest BCUT2D eigenvalue weighted by molar-refractivity contribution is 6.92. The van der Waals surface area contributed by atoms with Crippen molar-refractivity contribution in [3.8, 4) is 0 Å². The van der Waals surface area contributed by atoms with Crippen molar-refractivity contribution < 1.29 is 9.52 Å². The predicted octanol–water partition coefficient (Wildman–Crippen LogP) is 3.71. The minimum Gasteiger partial charge on any atom is -0.474 e. The Labute approximate surface area is 116 Å². The topological polar surface area (TPSA) is 33.4 Å². The summed E-state index contributed by atoms with van der Waals surface area (Å²) in [6, 6.07) is 4.65. The van der Waals surface area contributed by atoms with Crippen LogP contribution in [0.15, 0.2) is 67.4 Å². The van der Waals surface area contributed by atoms with Gasteiger partial charge in [-0.2, -0.15) is 0 Å². The Morgan fingerprint density at radius 3 is 2.05 bits per heavy atom. The molecule has 0 spiro atoms. The van der Waals surface area contributed by atoms with Crippen LogP contribution in [0.3, 0.4) is 0 Å². The normalized spacial score (nSPS) is 12.7. The first-order valence-corrected chi connectivity index (χ1v) is 8.98. The number of aliphatic hydroxyl groups excluding tert-OH is 1. The van der Waals surface area contributed by atoms with Crippen molar-refractivity contribution >= 4 is 13.5 Å². The number of hydrogen-bond donors (Lipinski definition) is 1. The Morgan fingerprint density at radius 1 is 1.11 bits per heavy atom. The fourth-order valence-electron chi connectivity index (χ4n) is 2.30. The van der Waals surface area contributed by atoms with Crippen LogP contribution in [0, 0.1) is 0 Å². The molecule has 0 amide bonds. The summed E-state index contributed by atoms with van der Waals surface area (Å²) in [5, 5.41) is 10.7. The van der Waals surface area contributed by atoms with E-state index >= 15 is 0 Å². The lowest BCUT2D eigenvalue weighted by molar-refractivity contribution is 0.228. The van der Waals surface area contributed by atoms with Gasteiger partial charge in [0.1, 0.15) is 8.07 Å². The second-order valence-corrected chi connectivity index (χ2v) is 8.96. The van der Waals surface area contributed by atoms with Crippen molar-refractivity contribution in [2.45, 2.75) is 24.2 Å². The molecule has 1 unspecified atom stereocenters. The third-order valence-electron chi connectivity index (χ3n) is 3.31. The molecule has 102 valence electrons. The maximum atomic E-state index is 9.77. The highest BCUT2D eigenvalue weighted by atomic mass is 28.3. The molecule has 0 fully saturated rings. The Bertz CT molecular complexity index is 433. The maximum absolute atomic E-state index is 9.77. The van der Waals surface area contributed by atoms with Gasteiger partial charge >= 0.3 is 0 Å². The SMILES string of the molecule is C=CC[Si](CC=C)(CC=C)c1cc(C(O)C=C)co1. The molecule has 0 aromatic carbocycles. The van der Waals surface area contributed by atoms with Gasteiger partial charge in [-0.3, -0.25) is 0 Å². The fraction of sp³-hybridized carbons (Fsp3) is 0.250. The lowest BCUT2D eigenvalue weighted by Gasteiger charge is -2.25. The second-order valence-electron chi connectivity index (χ2n) is 4.68. The molecular formula is C16H22O2Si. The van der Waals surface area contributed by atoms with Gasteiger partial charge in [0, 0.05) is 5.56 Å². The van der Waals surface area contributed by atoms with Crippen LogP contribution in [0.1, 0.15) is 11.7 Å². The largest absolute Gasteiger partial charge is 0.474 e. The second kappa shape index (κ2) is 7.12. The molecule has 0 bridgehead atoms. The lowest BCUT2D eigenvalue weighted by atomic mass is 10.2. The third-order valence-corrected chi connectivity index (χ3v) is 7.83. The van der Waals surface area contributed by atoms with Gasteiger partial charge in [0.2, 0.25) is 0 Å². The molecular weight excluding hydrogens is 252 g/mol. The van der Waals surface area contributed by atoms with Gasteiger partial charge in [-0.1, -0.05) is 24.3 Å². The molecule has 1 heterocycles. The first-order chi connectivity index (χ1) is 9.13. The van der Waals surface area contributed by atoms with Crippen LogP contribution in [-0.2, 0) is 0 Å². The molecule has 0 aliphatic rings. The minimum absolute atomic E-state index is 0.680. The van der Waals surface area contributed by atoms with Crippen LogP contribution in [0.5, 0.6) is 0 Å². The number of allylic oxidation sites excluding steroid dienone is 3. The van der Waals surface area contributed by atoms with E-state index in [2.05, 4.69) is 26.3 Å². The van der Waals surface area contributed by atoms with E-state index in [0.717, 1.165) is 29.1 Å². The molecule has 0 radical (unpaired) electrons. The minimum atomic E-state index is -1.88. The summed E-state index contributed by atoms with van der Waals surface area (Å²) >= 11 is 0. The first-order valence-electron chi connectivity index (χ1n) is 6.35. The molecule has 1 rings (SSSR count). The highest BCUT2D eigenvalue weighted by Crippen LogP contribution is 2.25. The molecule has 0 aliphatic carbocycles. The quantitative estimate of drug-likeness (QED) is 0.550. The van der Waals surface area contributed by atoms with E-state index in [1.807, 2.05) is 24.3 Å². The zero-order valence-corrected chi connectivity index (χ0v) is 12.3. The van der Waals surface area contributed by atoms with Gasteiger partial charge in [0.25, 0.3) is 0 Å². The number of rotatable bonds is 9. The maximum Gasteiger partial charge on any atom is 0.143 e. The van der Waals surface area contributed by atoms with Crippen LogP contribution in [0.25, 0.3) is 0 Å². The van der Waals surface area contributed by atoms with Crippen molar-refractivity contribution in [3.05, 3.63) is 68.5 Å². The lowest BCUT2D eigenvalue weighted by Crippen LogP contribution is -2.45. The van der Waals surface area contributed by atoms with Crippen LogP contribution in [0.2, 0.25) is 18.1 Å². The zero-order valence-electron chi connectivity index (χ0n) is 11.3. The smallest absolute Gasteiger partial charge is 0.143 e. The van der Waals surface area contributed by atoms with Crippen molar-refractivity contribution in [3.63, 3.8) is 0 Å². The van der Waals surface area contributed by atoms with Gasteiger partial charge in [-0.05, 0) is 24.2 Å². The Balaban J connectivity index is 3.18. The molecule has 0 saturated heterocycles. The Morgan fingerprint density at radius 2 is 1.63 bits per heavy atom. The van der Waals surface area contributed by atoms with Gasteiger partial charge in [-0.25, -0.2) is 0 Å². The molecule has 1 N–H and O–H groups in total. The summed E-state index contributed by atoms with van der Waals surface area (Å²) in [4.78, 5) is 0. The summed E-state index contributed by atoms with van der Waals surface area (Å²) < 4.78 is 5.72. The average Bonchev–Trinajstić information content (AvgIpc) is 2.88. The van der Waals surface area contributed by atoms with E-state index in [0.29, 0.717) is 0 Å². The van der Waals surface area contributed by atoms with Crippen molar-refractivity contribution in [1.82, 2.24) is 0 Å². The van der Waals surface area contributed by atoms with Crippen molar-refractivity contribution in [2.24, 2.45) is 0 Å². The zero-order chi connectivity index (χ0) is 14.3. The molecule has 0 saturated carbocycles. The van der Waals surface area contributed by atoms with Crippen LogP contribution in [0.4, 0.5) is 0 Å². The molecule has 1 aromatic heterocycles. The van der Waals surface area contributed by atoms with E-state index in [1.54, 1.807) is 6.26 Å². The number of furan rings is 1. The third kappa shape index (κ3) is 3.46. The predicted molar refractivity (Wildman–Crippen MR) is 84.3 cm³/mol. The highest BCUT2D eigenvalue weighted by Gasteiger charge is 2.35.